The molecule has 0 saturated carbocycles. The molecule has 0 heterocycles. The number of anilines is 1. The van der Waals surface area contributed by atoms with E-state index >= 15 is 0 Å². The van der Waals surface area contributed by atoms with Gasteiger partial charge in [-0.2, -0.15) is 0 Å². The summed E-state index contributed by atoms with van der Waals surface area (Å²) in [5.74, 6) is 0.427. The van der Waals surface area contributed by atoms with Crippen molar-refractivity contribution in [2.24, 2.45) is 11.8 Å². The minimum Gasteiger partial charge on any atom is -0.497 e. The number of hydrogen-bond donors (Lipinski definition) is 1. The van der Waals surface area contributed by atoms with E-state index < -0.39 is 0 Å². The molecule has 1 unspecified atom stereocenters. The molecular weight excluding hydrogens is 342 g/mol. The van der Waals surface area contributed by atoms with Crippen LogP contribution in [0.3, 0.4) is 0 Å². The lowest BCUT2D eigenvalue weighted by molar-refractivity contribution is -0.139. The molecule has 150 valence electrons. The number of methoxy groups -OCH3 is 1. The lowest BCUT2D eigenvalue weighted by atomic mass is 10.0. The lowest BCUT2D eigenvalue weighted by Crippen LogP contribution is -2.18. The molecular formula is C22H33NO4. The van der Waals surface area contributed by atoms with Crippen molar-refractivity contribution in [2.45, 2.75) is 53.4 Å². The number of hydrogen-bond acceptors (Lipinski definition) is 4. The van der Waals surface area contributed by atoms with Crippen molar-refractivity contribution in [3.63, 3.8) is 0 Å². The molecule has 0 aliphatic carbocycles. The van der Waals surface area contributed by atoms with Crippen LogP contribution < -0.4 is 10.1 Å². The average Bonchev–Trinajstić information content (AvgIpc) is 2.66. The van der Waals surface area contributed by atoms with E-state index in [0.717, 1.165) is 31.2 Å². The van der Waals surface area contributed by atoms with E-state index in [0.29, 0.717) is 24.0 Å². The minimum atomic E-state index is -0.373. The molecule has 1 amide bonds. The second-order valence-electron chi connectivity index (χ2n) is 6.98. The van der Waals surface area contributed by atoms with Crippen LogP contribution in [0.5, 0.6) is 5.75 Å². The Kier molecular flexibility index (Phi) is 10.2. The quantitative estimate of drug-likeness (QED) is 0.433. The molecule has 5 heteroatoms. The van der Waals surface area contributed by atoms with E-state index in [-0.39, 0.29) is 17.8 Å². The lowest BCUT2D eigenvalue weighted by Gasteiger charge is -2.14. The van der Waals surface area contributed by atoms with Gasteiger partial charge in [0.15, 0.2) is 0 Å². The number of unbranched alkanes of at least 4 members (excludes halogenated alkanes) is 1. The van der Waals surface area contributed by atoms with Crippen LogP contribution in [0.2, 0.25) is 0 Å². The van der Waals surface area contributed by atoms with Crippen molar-refractivity contribution in [1.82, 2.24) is 0 Å². The molecule has 0 radical (unpaired) electrons. The van der Waals surface area contributed by atoms with Crippen LogP contribution in [0.25, 0.3) is 6.08 Å². The number of benzene rings is 1. The summed E-state index contributed by atoms with van der Waals surface area (Å²) < 4.78 is 10.6. The Morgan fingerprint density at radius 3 is 2.56 bits per heavy atom. The minimum absolute atomic E-state index is 0.0952. The number of rotatable bonds is 11. The summed E-state index contributed by atoms with van der Waals surface area (Å²) in [5, 5.41) is 2.87. The van der Waals surface area contributed by atoms with Crippen LogP contribution >= 0.6 is 0 Å². The molecule has 0 aliphatic rings. The molecule has 0 fully saturated rings. The van der Waals surface area contributed by atoms with E-state index in [2.05, 4.69) is 19.2 Å². The first-order valence-corrected chi connectivity index (χ1v) is 9.74. The van der Waals surface area contributed by atoms with Crippen molar-refractivity contribution < 1.29 is 19.1 Å². The molecule has 27 heavy (non-hydrogen) atoms. The fourth-order valence-corrected chi connectivity index (χ4v) is 2.50. The van der Waals surface area contributed by atoms with Gasteiger partial charge < -0.3 is 14.8 Å². The fourth-order valence-electron chi connectivity index (χ4n) is 2.50. The molecule has 0 spiro atoms. The van der Waals surface area contributed by atoms with Crippen LogP contribution in [-0.2, 0) is 14.3 Å². The van der Waals surface area contributed by atoms with Gasteiger partial charge in [-0.1, -0.05) is 47.0 Å². The number of esters is 1. The maximum atomic E-state index is 12.1. The number of carbonyl (C=O) groups is 2. The zero-order valence-electron chi connectivity index (χ0n) is 17.2. The predicted molar refractivity (Wildman–Crippen MR) is 110 cm³/mol. The zero-order chi connectivity index (χ0) is 20.2. The summed E-state index contributed by atoms with van der Waals surface area (Å²) in [6, 6.07) is 5.33. The number of nitrogens with one attached hydrogen (secondary N) is 1. The highest BCUT2D eigenvalue weighted by Crippen LogP contribution is 2.24. The van der Waals surface area contributed by atoms with Gasteiger partial charge in [0.05, 0.1) is 19.4 Å². The van der Waals surface area contributed by atoms with Gasteiger partial charge in [0.2, 0.25) is 5.91 Å². The van der Waals surface area contributed by atoms with Gasteiger partial charge in [-0.05, 0) is 36.1 Å². The van der Waals surface area contributed by atoms with Gasteiger partial charge in [0.25, 0.3) is 0 Å². The standard InChI is InChI=1S/C22H33NO4/c1-6-8-9-17(7-2)15-27-21(24)13-11-18-10-12-19(26-5)14-20(18)23-22(25)16(3)4/h10-14,16-17H,6-9,15H2,1-5H3,(H,23,25)/b13-11+. The van der Waals surface area contributed by atoms with E-state index in [9.17, 15) is 9.59 Å². The third-order valence-electron chi connectivity index (χ3n) is 4.45. The number of amides is 1. The smallest absolute Gasteiger partial charge is 0.330 e. The van der Waals surface area contributed by atoms with Crippen LogP contribution in [0.4, 0.5) is 5.69 Å². The molecule has 1 rings (SSSR count). The SMILES string of the molecule is CCCCC(CC)COC(=O)/C=C/c1ccc(OC)cc1NC(=O)C(C)C. The van der Waals surface area contributed by atoms with Gasteiger partial charge in [-0.3, -0.25) is 4.79 Å². The Morgan fingerprint density at radius 1 is 1.22 bits per heavy atom. The summed E-state index contributed by atoms with van der Waals surface area (Å²) in [4.78, 5) is 24.1. The van der Waals surface area contributed by atoms with Crippen LogP contribution in [0.1, 0.15) is 58.9 Å². The Hall–Kier alpha value is -2.30. The first-order chi connectivity index (χ1) is 12.9. The van der Waals surface area contributed by atoms with Crippen molar-refractivity contribution in [2.75, 3.05) is 19.0 Å². The van der Waals surface area contributed by atoms with Crippen LogP contribution in [-0.4, -0.2) is 25.6 Å². The summed E-state index contributed by atoms with van der Waals surface area (Å²) >= 11 is 0. The maximum Gasteiger partial charge on any atom is 0.330 e. The summed E-state index contributed by atoms with van der Waals surface area (Å²) in [7, 11) is 1.57. The summed E-state index contributed by atoms with van der Waals surface area (Å²) in [5.41, 5.74) is 1.33. The molecule has 1 atom stereocenters. The Balaban J connectivity index is 2.77. The van der Waals surface area contributed by atoms with Gasteiger partial charge >= 0.3 is 5.97 Å². The van der Waals surface area contributed by atoms with Gasteiger partial charge in [0, 0.05) is 18.1 Å². The topological polar surface area (TPSA) is 64.6 Å². The van der Waals surface area contributed by atoms with E-state index in [1.807, 2.05) is 13.8 Å². The normalized spacial score (nSPS) is 12.2. The summed E-state index contributed by atoms with van der Waals surface area (Å²) in [6.45, 7) is 8.37. The van der Waals surface area contributed by atoms with Crippen LogP contribution in [0, 0.1) is 11.8 Å². The van der Waals surface area contributed by atoms with Gasteiger partial charge in [0.1, 0.15) is 5.75 Å². The van der Waals surface area contributed by atoms with Crippen LogP contribution in [0.15, 0.2) is 24.3 Å². The molecule has 5 nitrogen and oxygen atoms in total. The third-order valence-corrected chi connectivity index (χ3v) is 4.45. The third kappa shape index (κ3) is 8.29. The fraction of sp³-hybridized carbons (Fsp3) is 0.545. The van der Waals surface area contributed by atoms with Crippen molar-refractivity contribution in [3.8, 4) is 5.75 Å². The van der Waals surface area contributed by atoms with Crippen molar-refractivity contribution >= 4 is 23.6 Å². The molecule has 1 N–H and O–H groups in total. The second-order valence-corrected chi connectivity index (χ2v) is 6.98. The number of carbonyl (C=O) groups excluding carboxylic acids is 2. The zero-order valence-corrected chi connectivity index (χ0v) is 17.2. The monoisotopic (exact) mass is 375 g/mol. The molecule has 0 saturated heterocycles. The highest BCUT2D eigenvalue weighted by atomic mass is 16.5. The van der Waals surface area contributed by atoms with E-state index in [1.165, 1.54) is 6.08 Å². The molecule has 0 bridgehead atoms. The second kappa shape index (κ2) is 12.2. The first kappa shape index (κ1) is 22.7. The predicted octanol–water partition coefficient (Wildman–Crippen LogP) is 5.06. The molecule has 1 aromatic carbocycles. The van der Waals surface area contributed by atoms with E-state index in [4.69, 9.17) is 9.47 Å². The Morgan fingerprint density at radius 2 is 1.96 bits per heavy atom. The van der Waals surface area contributed by atoms with Crippen molar-refractivity contribution in [3.05, 3.63) is 29.8 Å². The summed E-state index contributed by atoms with van der Waals surface area (Å²) in [6.07, 6.45) is 7.43. The Bertz CT molecular complexity index is 637. The van der Waals surface area contributed by atoms with Gasteiger partial charge in [-0.25, -0.2) is 4.79 Å². The molecule has 0 aromatic heterocycles. The molecule has 1 aromatic rings. The largest absolute Gasteiger partial charge is 0.497 e. The van der Waals surface area contributed by atoms with E-state index in [1.54, 1.807) is 31.4 Å². The highest BCUT2D eigenvalue weighted by Gasteiger charge is 2.11. The van der Waals surface area contributed by atoms with Gasteiger partial charge in [-0.15, -0.1) is 0 Å². The first-order valence-electron chi connectivity index (χ1n) is 9.74. The maximum absolute atomic E-state index is 12.1. The number of ether oxygens (including phenoxy) is 2. The Labute approximate surface area is 163 Å². The van der Waals surface area contributed by atoms with Crippen molar-refractivity contribution in [1.29, 1.82) is 0 Å². The average molecular weight is 376 g/mol. The highest BCUT2D eigenvalue weighted by molar-refractivity contribution is 5.95. The molecule has 0 aliphatic heterocycles.